The van der Waals surface area contributed by atoms with Crippen LogP contribution in [0, 0.1) is 6.92 Å². The third-order valence-electron chi connectivity index (χ3n) is 1.74. The van der Waals surface area contributed by atoms with Crippen LogP contribution in [0.3, 0.4) is 0 Å². The number of aliphatic hydroxyl groups excluding tert-OH is 1. The van der Waals surface area contributed by atoms with E-state index in [1.54, 1.807) is 6.92 Å². The Morgan fingerprint density at radius 2 is 2.40 bits per heavy atom. The van der Waals surface area contributed by atoms with Gasteiger partial charge in [-0.3, -0.25) is 9.59 Å². The molecule has 0 bridgehead atoms. The molecule has 1 rings (SSSR count). The van der Waals surface area contributed by atoms with E-state index >= 15 is 0 Å². The number of amides is 2. The molecule has 0 aliphatic heterocycles. The van der Waals surface area contributed by atoms with Gasteiger partial charge in [-0.2, -0.15) is 0 Å². The van der Waals surface area contributed by atoms with Crippen molar-refractivity contribution in [1.82, 2.24) is 10.5 Å². The predicted octanol–water partition coefficient (Wildman–Crippen LogP) is -1.44. The second kappa shape index (κ2) is 4.56. The zero-order valence-electron chi connectivity index (χ0n) is 8.06. The van der Waals surface area contributed by atoms with Crippen LogP contribution in [-0.4, -0.2) is 34.7 Å². The maximum atomic E-state index is 11.3. The second-order valence-corrected chi connectivity index (χ2v) is 2.97. The van der Waals surface area contributed by atoms with Gasteiger partial charge in [-0.15, -0.1) is 0 Å². The van der Waals surface area contributed by atoms with Gasteiger partial charge in [0.2, 0.25) is 11.7 Å². The average Bonchev–Trinajstić information content (AvgIpc) is 2.60. The molecule has 2 amide bonds. The summed E-state index contributed by atoms with van der Waals surface area (Å²) in [5, 5.41) is 14.7. The van der Waals surface area contributed by atoms with Crippen molar-refractivity contribution in [2.24, 2.45) is 5.73 Å². The van der Waals surface area contributed by atoms with Crippen molar-refractivity contribution in [3.05, 3.63) is 17.5 Å². The standard InChI is InChI=1S/C8H11N3O4/c1-4-2-11-15-6(4)8(14)10-3-5(12)7(9)13/h2,5,12H,3H2,1H3,(H2,9,13)(H,10,14). The van der Waals surface area contributed by atoms with Crippen LogP contribution in [-0.2, 0) is 4.79 Å². The molecule has 0 aliphatic carbocycles. The van der Waals surface area contributed by atoms with Crippen molar-refractivity contribution < 1.29 is 19.2 Å². The highest BCUT2D eigenvalue weighted by Gasteiger charge is 2.17. The Bertz CT molecular complexity index is 374. The summed E-state index contributed by atoms with van der Waals surface area (Å²) in [5.74, 6) is -1.40. The van der Waals surface area contributed by atoms with Gasteiger partial charge in [0.1, 0.15) is 6.10 Å². The molecule has 0 aromatic carbocycles. The first-order valence-corrected chi connectivity index (χ1v) is 4.19. The third-order valence-corrected chi connectivity index (χ3v) is 1.74. The summed E-state index contributed by atoms with van der Waals surface area (Å²) >= 11 is 0. The summed E-state index contributed by atoms with van der Waals surface area (Å²) in [6.07, 6.45) is -0.0171. The van der Waals surface area contributed by atoms with E-state index in [-0.39, 0.29) is 12.3 Å². The molecule has 1 aromatic rings. The first-order chi connectivity index (χ1) is 7.02. The van der Waals surface area contributed by atoms with Gasteiger partial charge < -0.3 is 20.7 Å². The summed E-state index contributed by atoms with van der Waals surface area (Å²) in [4.78, 5) is 21.8. The molecule has 82 valence electrons. The van der Waals surface area contributed by atoms with E-state index in [0.717, 1.165) is 0 Å². The van der Waals surface area contributed by atoms with Gasteiger partial charge >= 0.3 is 0 Å². The highest BCUT2D eigenvalue weighted by molar-refractivity contribution is 5.93. The summed E-state index contributed by atoms with van der Waals surface area (Å²) in [7, 11) is 0. The van der Waals surface area contributed by atoms with Crippen molar-refractivity contribution >= 4 is 11.8 Å². The molecule has 7 heteroatoms. The molecule has 1 unspecified atom stereocenters. The quantitative estimate of drug-likeness (QED) is 0.566. The maximum Gasteiger partial charge on any atom is 0.290 e. The monoisotopic (exact) mass is 213 g/mol. The van der Waals surface area contributed by atoms with Crippen molar-refractivity contribution in [3.63, 3.8) is 0 Å². The lowest BCUT2D eigenvalue weighted by Crippen LogP contribution is -2.40. The lowest BCUT2D eigenvalue weighted by molar-refractivity contribution is -0.125. The normalized spacial score (nSPS) is 12.1. The highest BCUT2D eigenvalue weighted by Crippen LogP contribution is 2.04. The molecule has 0 aliphatic rings. The number of rotatable bonds is 4. The van der Waals surface area contributed by atoms with E-state index in [1.807, 2.05) is 0 Å². The molecule has 15 heavy (non-hydrogen) atoms. The number of nitrogens with zero attached hydrogens (tertiary/aromatic N) is 1. The van der Waals surface area contributed by atoms with E-state index in [2.05, 4.69) is 15.0 Å². The van der Waals surface area contributed by atoms with Crippen molar-refractivity contribution in [2.45, 2.75) is 13.0 Å². The molecule has 1 heterocycles. The molecule has 0 saturated heterocycles. The molecule has 0 radical (unpaired) electrons. The van der Waals surface area contributed by atoms with Crippen LogP contribution >= 0.6 is 0 Å². The van der Waals surface area contributed by atoms with Gasteiger partial charge in [-0.1, -0.05) is 5.16 Å². The molecular weight excluding hydrogens is 202 g/mol. The van der Waals surface area contributed by atoms with E-state index in [1.165, 1.54) is 6.20 Å². The molecule has 4 N–H and O–H groups in total. The summed E-state index contributed by atoms with van der Waals surface area (Å²) in [6, 6.07) is 0. The number of aryl methyl sites for hydroxylation is 1. The largest absolute Gasteiger partial charge is 0.381 e. The van der Waals surface area contributed by atoms with Gasteiger partial charge in [0.25, 0.3) is 5.91 Å². The Hall–Kier alpha value is -1.89. The van der Waals surface area contributed by atoms with Gasteiger partial charge in [0.05, 0.1) is 12.7 Å². The zero-order chi connectivity index (χ0) is 11.4. The lowest BCUT2D eigenvalue weighted by atomic mass is 10.2. The minimum atomic E-state index is -1.41. The van der Waals surface area contributed by atoms with Gasteiger partial charge in [-0.25, -0.2) is 0 Å². The van der Waals surface area contributed by atoms with Crippen LogP contribution < -0.4 is 11.1 Å². The number of aromatic nitrogens is 1. The molecular formula is C8H11N3O4. The highest BCUT2D eigenvalue weighted by atomic mass is 16.5. The zero-order valence-corrected chi connectivity index (χ0v) is 8.06. The number of nitrogens with one attached hydrogen (secondary N) is 1. The first-order valence-electron chi connectivity index (χ1n) is 4.19. The maximum absolute atomic E-state index is 11.3. The number of hydrogen-bond acceptors (Lipinski definition) is 5. The SMILES string of the molecule is Cc1cnoc1C(=O)NCC(O)C(N)=O. The molecule has 0 spiro atoms. The fourth-order valence-corrected chi connectivity index (χ4v) is 0.880. The lowest BCUT2D eigenvalue weighted by Gasteiger charge is -2.06. The average molecular weight is 213 g/mol. The van der Waals surface area contributed by atoms with Crippen LogP contribution in [0.25, 0.3) is 0 Å². The predicted molar refractivity (Wildman–Crippen MR) is 48.8 cm³/mol. The van der Waals surface area contributed by atoms with Crippen LogP contribution in [0.4, 0.5) is 0 Å². The molecule has 1 atom stereocenters. The van der Waals surface area contributed by atoms with Crippen LogP contribution in [0.1, 0.15) is 16.1 Å². The van der Waals surface area contributed by atoms with Gasteiger partial charge in [0, 0.05) is 5.56 Å². The minimum Gasteiger partial charge on any atom is -0.381 e. The Morgan fingerprint density at radius 3 is 2.87 bits per heavy atom. The summed E-state index contributed by atoms with van der Waals surface area (Å²) < 4.78 is 4.66. The number of aliphatic hydroxyl groups is 1. The smallest absolute Gasteiger partial charge is 0.290 e. The van der Waals surface area contributed by atoms with Gasteiger partial charge in [0.15, 0.2) is 0 Å². The molecule has 1 aromatic heterocycles. The fraction of sp³-hybridized carbons (Fsp3) is 0.375. The third kappa shape index (κ3) is 2.78. The molecule has 0 saturated carbocycles. The number of nitrogens with two attached hydrogens (primary N) is 1. The molecule has 0 fully saturated rings. The van der Waals surface area contributed by atoms with Gasteiger partial charge in [-0.05, 0) is 6.92 Å². The number of hydrogen-bond donors (Lipinski definition) is 3. The Balaban J connectivity index is 2.51. The number of primary amides is 1. The topological polar surface area (TPSA) is 118 Å². The van der Waals surface area contributed by atoms with Crippen LogP contribution in [0.5, 0.6) is 0 Å². The Morgan fingerprint density at radius 1 is 1.73 bits per heavy atom. The van der Waals surface area contributed by atoms with E-state index in [9.17, 15) is 9.59 Å². The number of carbonyl (C=O) groups excluding carboxylic acids is 2. The van der Waals surface area contributed by atoms with Crippen molar-refractivity contribution in [2.75, 3.05) is 6.54 Å². The summed E-state index contributed by atoms with van der Waals surface area (Å²) in [6.45, 7) is 1.39. The van der Waals surface area contributed by atoms with Crippen LogP contribution in [0.15, 0.2) is 10.7 Å². The molecule has 7 nitrogen and oxygen atoms in total. The second-order valence-electron chi connectivity index (χ2n) is 2.97. The Labute approximate surface area is 85.2 Å². The fourth-order valence-electron chi connectivity index (χ4n) is 0.880. The van der Waals surface area contributed by atoms with E-state index in [0.29, 0.717) is 5.56 Å². The Kier molecular flexibility index (Phi) is 3.40. The van der Waals surface area contributed by atoms with Crippen molar-refractivity contribution in [3.8, 4) is 0 Å². The first kappa shape index (κ1) is 11.2. The van der Waals surface area contributed by atoms with E-state index < -0.39 is 17.9 Å². The van der Waals surface area contributed by atoms with Crippen molar-refractivity contribution in [1.29, 1.82) is 0 Å². The summed E-state index contributed by atoms with van der Waals surface area (Å²) in [5.41, 5.74) is 5.37. The minimum absolute atomic E-state index is 0.0478. The van der Waals surface area contributed by atoms with E-state index in [4.69, 9.17) is 10.8 Å². The van der Waals surface area contributed by atoms with Crippen LogP contribution in [0.2, 0.25) is 0 Å². The number of carbonyl (C=O) groups is 2.